The Morgan fingerprint density at radius 2 is 1.54 bits per heavy atom. The Bertz CT molecular complexity index is 1350. The van der Waals surface area contributed by atoms with E-state index in [-0.39, 0.29) is 10.7 Å². The quantitative estimate of drug-likeness (QED) is 0.416. The second kappa shape index (κ2) is 9.94. The second-order valence-corrected chi connectivity index (χ2v) is 8.41. The van der Waals surface area contributed by atoms with Crippen LogP contribution in [-0.2, 0) is 0 Å². The van der Waals surface area contributed by atoms with Gasteiger partial charge in [0, 0.05) is 24.8 Å². The molecule has 0 saturated carbocycles. The summed E-state index contributed by atoms with van der Waals surface area (Å²) in [7, 11) is 0. The predicted octanol–water partition coefficient (Wildman–Crippen LogP) is 3.66. The number of hydrogen-bond acceptors (Lipinski definition) is 6. The van der Waals surface area contributed by atoms with Crippen molar-refractivity contribution in [2.24, 2.45) is 0 Å². The molecule has 5 rings (SSSR count). The number of rotatable bonds is 5. The standard InChI is InChI=1S/C25H22ClN7O2/c26-20-15-27-25(32-13-7-8-14-32)28-22(20)24(35)30-29-23(34)19-16-33(18-11-5-2-6-12-18)31-21(19)17-9-3-1-4-10-17/h1-6,9-12,15-16H,7-8,13-14H2,(H,29,34)(H,30,35). The van der Waals surface area contributed by atoms with Crippen LogP contribution in [0.15, 0.2) is 73.1 Å². The van der Waals surface area contributed by atoms with Gasteiger partial charge in [-0.15, -0.1) is 0 Å². The molecule has 0 bridgehead atoms. The number of para-hydroxylation sites is 1. The van der Waals surface area contributed by atoms with E-state index in [1.165, 1.54) is 6.20 Å². The number of halogens is 1. The summed E-state index contributed by atoms with van der Waals surface area (Å²) in [5.41, 5.74) is 7.23. The zero-order valence-electron chi connectivity index (χ0n) is 18.7. The van der Waals surface area contributed by atoms with Crippen molar-refractivity contribution in [2.75, 3.05) is 18.0 Å². The van der Waals surface area contributed by atoms with Gasteiger partial charge in [-0.25, -0.2) is 14.6 Å². The molecule has 35 heavy (non-hydrogen) atoms. The van der Waals surface area contributed by atoms with Crippen LogP contribution >= 0.6 is 11.6 Å². The SMILES string of the molecule is O=C(NNC(=O)c1nc(N2CCCC2)ncc1Cl)c1cn(-c2ccccc2)nc1-c1ccccc1. The Morgan fingerprint density at radius 3 is 2.26 bits per heavy atom. The third-order valence-electron chi connectivity index (χ3n) is 5.65. The monoisotopic (exact) mass is 487 g/mol. The van der Waals surface area contributed by atoms with Crippen molar-refractivity contribution in [1.82, 2.24) is 30.6 Å². The first-order valence-electron chi connectivity index (χ1n) is 11.2. The number of benzene rings is 2. The number of carbonyl (C=O) groups excluding carboxylic acids is 2. The number of hydrazine groups is 1. The van der Waals surface area contributed by atoms with Crippen molar-refractivity contribution in [3.05, 3.63) is 89.3 Å². The topological polar surface area (TPSA) is 105 Å². The molecular weight excluding hydrogens is 466 g/mol. The molecule has 2 aromatic heterocycles. The zero-order chi connectivity index (χ0) is 24.2. The summed E-state index contributed by atoms with van der Waals surface area (Å²) < 4.78 is 1.63. The van der Waals surface area contributed by atoms with Gasteiger partial charge in [-0.05, 0) is 25.0 Å². The van der Waals surface area contributed by atoms with E-state index in [0.29, 0.717) is 17.2 Å². The van der Waals surface area contributed by atoms with Gasteiger partial charge in [0.15, 0.2) is 5.69 Å². The van der Waals surface area contributed by atoms with E-state index in [0.717, 1.165) is 37.2 Å². The number of amides is 2. The van der Waals surface area contributed by atoms with Crippen LogP contribution in [-0.4, -0.2) is 44.7 Å². The van der Waals surface area contributed by atoms with Gasteiger partial charge in [-0.2, -0.15) is 5.10 Å². The maximum Gasteiger partial charge on any atom is 0.290 e. The minimum Gasteiger partial charge on any atom is -0.341 e. The number of nitrogens with zero attached hydrogens (tertiary/aromatic N) is 5. The largest absolute Gasteiger partial charge is 0.341 e. The van der Waals surface area contributed by atoms with Gasteiger partial charge in [0.2, 0.25) is 5.95 Å². The van der Waals surface area contributed by atoms with Crippen LogP contribution in [0.25, 0.3) is 16.9 Å². The maximum absolute atomic E-state index is 13.1. The summed E-state index contributed by atoms with van der Waals surface area (Å²) in [5, 5.41) is 4.72. The first-order valence-corrected chi connectivity index (χ1v) is 11.6. The van der Waals surface area contributed by atoms with Gasteiger partial charge < -0.3 is 4.90 Å². The highest BCUT2D eigenvalue weighted by atomic mass is 35.5. The maximum atomic E-state index is 13.1. The predicted molar refractivity (Wildman–Crippen MR) is 132 cm³/mol. The summed E-state index contributed by atoms with van der Waals surface area (Å²) in [6.07, 6.45) is 5.12. The minimum absolute atomic E-state index is 0.00729. The van der Waals surface area contributed by atoms with Gasteiger partial charge in [-0.3, -0.25) is 20.4 Å². The Morgan fingerprint density at radius 1 is 0.886 bits per heavy atom. The lowest BCUT2D eigenvalue weighted by atomic mass is 10.1. The second-order valence-electron chi connectivity index (χ2n) is 8.01. The van der Waals surface area contributed by atoms with E-state index in [1.54, 1.807) is 10.9 Å². The normalized spacial score (nSPS) is 13.0. The van der Waals surface area contributed by atoms with Gasteiger partial charge >= 0.3 is 0 Å². The van der Waals surface area contributed by atoms with Crippen molar-refractivity contribution >= 4 is 29.4 Å². The van der Waals surface area contributed by atoms with E-state index in [2.05, 4.69) is 25.9 Å². The highest BCUT2D eigenvalue weighted by Crippen LogP contribution is 2.24. The van der Waals surface area contributed by atoms with Crippen molar-refractivity contribution in [3.63, 3.8) is 0 Å². The third-order valence-corrected chi connectivity index (χ3v) is 5.93. The fraction of sp³-hybridized carbons (Fsp3) is 0.160. The molecular formula is C25H22ClN7O2. The highest BCUT2D eigenvalue weighted by Gasteiger charge is 2.22. The van der Waals surface area contributed by atoms with Crippen molar-refractivity contribution < 1.29 is 9.59 Å². The van der Waals surface area contributed by atoms with E-state index < -0.39 is 11.8 Å². The number of carbonyl (C=O) groups is 2. The molecule has 4 aromatic rings. The summed E-state index contributed by atoms with van der Waals surface area (Å²) >= 11 is 6.18. The molecule has 2 amide bonds. The highest BCUT2D eigenvalue weighted by molar-refractivity contribution is 6.33. The first kappa shape index (κ1) is 22.5. The van der Waals surface area contributed by atoms with Crippen molar-refractivity contribution in [1.29, 1.82) is 0 Å². The van der Waals surface area contributed by atoms with Gasteiger partial charge in [0.05, 0.1) is 22.5 Å². The summed E-state index contributed by atoms with van der Waals surface area (Å²) in [6.45, 7) is 1.65. The zero-order valence-corrected chi connectivity index (χ0v) is 19.4. The lowest BCUT2D eigenvalue weighted by Gasteiger charge is -2.16. The minimum atomic E-state index is -0.636. The molecule has 0 unspecified atom stereocenters. The van der Waals surface area contributed by atoms with Crippen LogP contribution in [0.2, 0.25) is 5.02 Å². The van der Waals surface area contributed by atoms with Gasteiger partial charge in [-0.1, -0.05) is 60.1 Å². The Labute approximate surface area is 206 Å². The average Bonchev–Trinajstić information content (AvgIpc) is 3.59. The molecule has 0 radical (unpaired) electrons. The van der Waals surface area contributed by atoms with Crippen LogP contribution in [0, 0.1) is 0 Å². The van der Waals surface area contributed by atoms with Crippen LogP contribution < -0.4 is 15.8 Å². The van der Waals surface area contributed by atoms with E-state index in [1.807, 2.05) is 65.6 Å². The molecule has 0 aliphatic carbocycles. The van der Waals surface area contributed by atoms with Gasteiger partial charge in [0.1, 0.15) is 5.69 Å². The molecule has 2 aromatic carbocycles. The smallest absolute Gasteiger partial charge is 0.290 e. The molecule has 1 fully saturated rings. The molecule has 0 spiro atoms. The average molecular weight is 488 g/mol. The molecule has 1 aliphatic rings. The van der Waals surface area contributed by atoms with E-state index in [4.69, 9.17) is 11.6 Å². The molecule has 1 saturated heterocycles. The summed E-state index contributed by atoms with van der Waals surface area (Å²) in [4.78, 5) is 36.5. The Kier molecular flexibility index (Phi) is 6.40. The van der Waals surface area contributed by atoms with Crippen LogP contribution in [0.1, 0.15) is 33.7 Å². The van der Waals surface area contributed by atoms with Crippen molar-refractivity contribution in [2.45, 2.75) is 12.8 Å². The Hall–Kier alpha value is -4.24. The third kappa shape index (κ3) is 4.85. The van der Waals surface area contributed by atoms with Crippen LogP contribution in [0.3, 0.4) is 0 Å². The summed E-state index contributed by atoms with van der Waals surface area (Å²) in [6, 6.07) is 18.8. The number of aromatic nitrogens is 4. The van der Waals surface area contributed by atoms with Crippen LogP contribution in [0.4, 0.5) is 5.95 Å². The van der Waals surface area contributed by atoms with Gasteiger partial charge in [0.25, 0.3) is 11.8 Å². The molecule has 2 N–H and O–H groups in total. The summed E-state index contributed by atoms with van der Waals surface area (Å²) in [5.74, 6) is -0.717. The van der Waals surface area contributed by atoms with E-state index >= 15 is 0 Å². The number of anilines is 1. The molecule has 3 heterocycles. The molecule has 9 nitrogen and oxygen atoms in total. The molecule has 10 heteroatoms. The first-order chi connectivity index (χ1) is 17.1. The fourth-order valence-electron chi connectivity index (χ4n) is 3.89. The number of hydrogen-bond donors (Lipinski definition) is 2. The fourth-order valence-corrected chi connectivity index (χ4v) is 4.07. The number of nitrogens with one attached hydrogen (secondary N) is 2. The lowest BCUT2D eigenvalue weighted by Crippen LogP contribution is -2.42. The van der Waals surface area contributed by atoms with E-state index in [9.17, 15) is 9.59 Å². The molecule has 1 aliphatic heterocycles. The van der Waals surface area contributed by atoms with Crippen LogP contribution in [0.5, 0.6) is 0 Å². The molecule has 0 atom stereocenters. The lowest BCUT2D eigenvalue weighted by molar-refractivity contribution is 0.0844. The molecule has 176 valence electrons. The van der Waals surface area contributed by atoms with Crippen molar-refractivity contribution in [3.8, 4) is 16.9 Å². The Balaban J connectivity index is 1.38.